The van der Waals surface area contributed by atoms with Crippen LogP contribution in [0.2, 0.25) is 0 Å². The van der Waals surface area contributed by atoms with Gasteiger partial charge < -0.3 is 20.5 Å². The van der Waals surface area contributed by atoms with Crippen LogP contribution in [-0.2, 0) is 4.79 Å². The maximum absolute atomic E-state index is 11.8. The molecule has 0 saturated carbocycles. The summed E-state index contributed by atoms with van der Waals surface area (Å²) in [6.07, 6.45) is 0. The molecule has 0 aromatic heterocycles. The highest BCUT2D eigenvalue weighted by Crippen LogP contribution is 2.17. The molecule has 3 N–H and O–H groups in total. The molecule has 2 aromatic rings. The lowest BCUT2D eigenvalue weighted by Crippen LogP contribution is -2.20. The minimum Gasteiger partial charge on any atom is -0.497 e. The highest BCUT2D eigenvalue weighted by atomic mass is 32.1. The second-order valence-corrected chi connectivity index (χ2v) is 4.89. The summed E-state index contributed by atoms with van der Waals surface area (Å²) in [7, 11) is 1.59. The van der Waals surface area contributed by atoms with Crippen LogP contribution < -0.4 is 20.5 Å². The number of anilines is 1. The number of ether oxygens (including phenoxy) is 2. The van der Waals surface area contributed by atoms with Crippen molar-refractivity contribution < 1.29 is 14.3 Å². The van der Waals surface area contributed by atoms with Crippen LogP contribution >= 0.6 is 12.2 Å². The van der Waals surface area contributed by atoms with Gasteiger partial charge in [0.1, 0.15) is 16.5 Å². The first kappa shape index (κ1) is 15.8. The fourth-order valence-corrected chi connectivity index (χ4v) is 1.87. The van der Waals surface area contributed by atoms with Crippen molar-refractivity contribution >= 4 is 28.8 Å². The number of amides is 1. The average molecular weight is 316 g/mol. The Morgan fingerprint density at radius 3 is 2.23 bits per heavy atom. The maximum atomic E-state index is 11.8. The zero-order valence-corrected chi connectivity index (χ0v) is 12.9. The molecule has 114 valence electrons. The van der Waals surface area contributed by atoms with Crippen LogP contribution in [0.5, 0.6) is 11.5 Å². The van der Waals surface area contributed by atoms with Crippen LogP contribution in [0.25, 0.3) is 0 Å². The number of methoxy groups -OCH3 is 1. The van der Waals surface area contributed by atoms with Crippen LogP contribution in [-0.4, -0.2) is 24.6 Å². The van der Waals surface area contributed by atoms with Crippen molar-refractivity contribution in [2.45, 2.75) is 0 Å². The maximum Gasteiger partial charge on any atom is 0.262 e. The quantitative estimate of drug-likeness (QED) is 0.800. The fourth-order valence-electron chi connectivity index (χ4n) is 1.74. The summed E-state index contributed by atoms with van der Waals surface area (Å²) in [5.41, 5.74) is 6.92. The molecule has 0 heterocycles. The summed E-state index contributed by atoms with van der Waals surface area (Å²) in [4.78, 5) is 12.1. The molecule has 0 aliphatic heterocycles. The van der Waals surface area contributed by atoms with Gasteiger partial charge in [-0.05, 0) is 48.5 Å². The van der Waals surface area contributed by atoms with Crippen molar-refractivity contribution in [1.82, 2.24) is 0 Å². The van der Waals surface area contributed by atoms with E-state index in [0.29, 0.717) is 16.4 Å². The molecule has 0 spiro atoms. The second kappa shape index (κ2) is 7.42. The second-order valence-electron chi connectivity index (χ2n) is 4.45. The molecular formula is C16H16N2O3S. The van der Waals surface area contributed by atoms with Crippen LogP contribution in [0.15, 0.2) is 48.5 Å². The lowest BCUT2D eigenvalue weighted by molar-refractivity contribution is -0.118. The van der Waals surface area contributed by atoms with E-state index in [1.54, 1.807) is 55.6 Å². The Labute approximate surface area is 134 Å². The van der Waals surface area contributed by atoms with Crippen molar-refractivity contribution in [3.05, 3.63) is 54.1 Å². The molecule has 0 atom stereocenters. The summed E-state index contributed by atoms with van der Waals surface area (Å²) in [5, 5.41) is 2.73. The Hall–Kier alpha value is -2.60. The van der Waals surface area contributed by atoms with Crippen molar-refractivity contribution in [3.63, 3.8) is 0 Å². The molecule has 0 fully saturated rings. The number of hydrogen-bond acceptors (Lipinski definition) is 4. The first-order valence-corrected chi connectivity index (χ1v) is 6.96. The number of thiocarbonyl (C=S) groups is 1. The van der Waals surface area contributed by atoms with Gasteiger partial charge in [-0.15, -0.1) is 0 Å². The predicted molar refractivity (Wildman–Crippen MR) is 89.4 cm³/mol. The van der Waals surface area contributed by atoms with Gasteiger partial charge in [-0.2, -0.15) is 0 Å². The number of nitrogens with one attached hydrogen (secondary N) is 1. The molecule has 0 radical (unpaired) electrons. The summed E-state index contributed by atoms with van der Waals surface area (Å²) in [6.45, 7) is -0.0800. The van der Waals surface area contributed by atoms with Gasteiger partial charge in [0.05, 0.1) is 7.11 Å². The molecule has 0 bridgehead atoms. The van der Waals surface area contributed by atoms with E-state index in [1.807, 2.05) is 0 Å². The molecule has 22 heavy (non-hydrogen) atoms. The molecular weight excluding hydrogens is 300 g/mol. The van der Waals surface area contributed by atoms with Crippen molar-refractivity contribution in [1.29, 1.82) is 0 Å². The third kappa shape index (κ3) is 4.46. The molecule has 6 heteroatoms. The minimum atomic E-state index is -0.251. The fraction of sp³-hybridized carbons (Fsp3) is 0.125. The number of hydrogen-bond donors (Lipinski definition) is 2. The van der Waals surface area contributed by atoms with Gasteiger partial charge in [0.15, 0.2) is 6.61 Å². The molecule has 5 nitrogen and oxygen atoms in total. The molecule has 0 aliphatic carbocycles. The van der Waals surface area contributed by atoms with Crippen molar-refractivity contribution in [2.75, 3.05) is 19.0 Å². The molecule has 1 amide bonds. The summed E-state index contributed by atoms with van der Waals surface area (Å²) >= 11 is 4.87. The van der Waals surface area contributed by atoms with Gasteiger partial charge in [0.25, 0.3) is 5.91 Å². The normalized spacial score (nSPS) is 9.86. The summed E-state index contributed by atoms with van der Waals surface area (Å²) in [6, 6.07) is 14.0. The molecule has 0 unspecified atom stereocenters. The number of carbonyl (C=O) groups excluding carboxylic acids is 1. The van der Waals surface area contributed by atoms with Crippen LogP contribution in [0.3, 0.4) is 0 Å². The first-order valence-electron chi connectivity index (χ1n) is 6.55. The molecule has 0 saturated heterocycles. The van der Waals surface area contributed by atoms with E-state index in [4.69, 9.17) is 27.4 Å². The monoisotopic (exact) mass is 316 g/mol. The Morgan fingerprint density at radius 1 is 1.09 bits per heavy atom. The molecule has 2 rings (SSSR count). The van der Waals surface area contributed by atoms with Gasteiger partial charge in [-0.25, -0.2) is 0 Å². The smallest absolute Gasteiger partial charge is 0.262 e. The van der Waals surface area contributed by atoms with Crippen molar-refractivity contribution in [2.24, 2.45) is 5.73 Å². The lowest BCUT2D eigenvalue weighted by atomic mass is 10.2. The predicted octanol–water partition coefficient (Wildman–Crippen LogP) is 2.35. The number of benzene rings is 2. The topological polar surface area (TPSA) is 73.6 Å². The van der Waals surface area contributed by atoms with Crippen molar-refractivity contribution in [3.8, 4) is 11.5 Å². The number of nitrogens with two attached hydrogens (primary N) is 1. The van der Waals surface area contributed by atoms with E-state index >= 15 is 0 Å². The van der Waals surface area contributed by atoms with Crippen LogP contribution in [0.4, 0.5) is 5.69 Å². The third-order valence-electron chi connectivity index (χ3n) is 2.88. The third-order valence-corrected chi connectivity index (χ3v) is 3.12. The number of carbonyl (C=O) groups is 1. The van der Waals surface area contributed by atoms with E-state index < -0.39 is 0 Å². The van der Waals surface area contributed by atoms with E-state index in [0.717, 1.165) is 11.3 Å². The Morgan fingerprint density at radius 2 is 1.68 bits per heavy atom. The zero-order chi connectivity index (χ0) is 15.9. The SMILES string of the molecule is COc1ccc(OCC(=O)Nc2ccc(C(N)=S)cc2)cc1. The first-order chi connectivity index (χ1) is 10.6. The van der Waals surface area contributed by atoms with Gasteiger partial charge in [-0.1, -0.05) is 12.2 Å². The highest BCUT2D eigenvalue weighted by molar-refractivity contribution is 7.80. The largest absolute Gasteiger partial charge is 0.497 e. The van der Waals surface area contributed by atoms with Gasteiger partial charge in [0.2, 0.25) is 0 Å². The summed E-state index contributed by atoms with van der Waals surface area (Å²) in [5.74, 6) is 1.08. The summed E-state index contributed by atoms with van der Waals surface area (Å²) < 4.78 is 10.4. The Kier molecular flexibility index (Phi) is 5.32. The van der Waals surface area contributed by atoms with E-state index in [9.17, 15) is 4.79 Å². The molecule has 0 aliphatic rings. The lowest BCUT2D eigenvalue weighted by Gasteiger charge is -2.08. The van der Waals surface area contributed by atoms with Crippen LogP contribution in [0, 0.1) is 0 Å². The highest BCUT2D eigenvalue weighted by Gasteiger charge is 2.04. The Balaban J connectivity index is 1.85. The zero-order valence-electron chi connectivity index (χ0n) is 12.0. The van der Waals surface area contributed by atoms with Gasteiger partial charge in [-0.3, -0.25) is 4.79 Å². The van der Waals surface area contributed by atoms with Crippen LogP contribution in [0.1, 0.15) is 5.56 Å². The molecule has 2 aromatic carbocycles. The Bertz CT molecular complexity index is 654. The van der Waals surface area contributed by atoms with E-state index in [1.165, 1.54) is 0 Å². The van der Waals surface area contributed by atoms with E-state index in [2.05, 4.69) is 5.32 Å². The number of rotatable bonds is 6. The standard InChI is InChI=1S/C16H16N2O3S/c1-20-13-6-8-14(9-7-13)21-10-15(19)18-12-4-2-11(3-5-12)16(17)22/h2-9H,10H2,1H3,(H2,17,22)(H,18,19). The van der Waals surface area contributed by atoms with Gasteiger partial charge in [0, 0.05) is 11.3 Å². The van der Waals surface area contributed by atoms with Gasteiger partial charge >= 0.3 is 0 Å². The average Bonchev–Trinajstić information content (AvgIpc) is 2.54. The van der Waals surface area contributed by atoms with E-state index in [-0.39, 0.29) is 12.5 Å². The minimum absolute atomic E-state index is 0.0800.